The van der Waals surface area contributed by atoms with Gasteiger partial charge in [0.2, 0.25) is 0 Å². The highest BCUT2D eigenvalue weighted by molar-refractivity contribution is 7.13. The van der Waals surface area contributed by atoms with Gasteiger partial charge in [0.1, 0.15) is 0 Å². The van der Waals surface area contributed by atoms with Crippen LogP contribution in [0.2, 0.25) is 0 Å². The molecule has 0 spiro atoms. The molecule has 0 fully saturated rings. The molecular formula is C8H12N2O3S. The molecule has 1 rings (SSSR count). The minimum atomic E-state index is 0.176. The fourth-order valence-electron chi connectivity index (χ4n) is 0.763. The van der Waals surface area contributed by atoms with Crippen molar-refractivity contribution in [2.45, 2.75) is 6.92 Å². The second-order valence-corrected chi connectivity index (χ2v) is 3.34. The SMILES string of the molecule is Cc1csc(N(C)CCO)n1.O=C=O. The Morgan fingerprint density at radius 1 is 1.64 bits per heavy atom. The highest BCUT2D eigenvalue weighted by atomic mass is 32.1. The molecule has 0 bridgehead atoms. The molecule has 0 saturated carbocycles. The second-order valence-electron chi connectivity index (χ2n) is 2.50. The Kier molecular flexibility index (Phi) is 6.57. The quantitative estimate of drug-likeness (QED) is 0.786. The van der Waals surface area contributed by atoms with Crippen molar-refractivity contribution < 1.29 is 14.7 Å². The largest absolute Gasteiger partial charge is 0.395 e. The summed E-state index contributed by atoms with van der Waals surface area (Å²) in [6.07, 6.45) is 0.250. The Morgan fingerprint density at radius 2 is 2.21 bits per heavy atom. The van der Waals surface area contributed by atoms with Crippen molar-refractivity contribution in [2.24, 2.45) is 0 Å². The van der Waals surface area contributed by atoms with E-state index in [1.807, 2.05) is 24.3 Å². The smallest absolute Gasteiger partial charge is 0.373 e. The maximum atomic E-state index is 8.64. The number of hydrogen-bond acceptors (Lipinski definition) is 6. The van der Waals surface area contributed by atoms with Crippen LogP contribution in [0.25, 0.3) is 0 Å². The molecule has 1 aromatic rings. The zero-order valence-corrected chi connectivity index (χ0v) is 8.87. The van der Waals surface area contributed by atoms with E-state index in [4.69, 9.17) is 14.7 Å². The molecule has 0 radical (unpaired) electrons. The summed E-state index contributed by atoms with van der Waals surface area (Å²) in [7, 11) is 1.93. The molecule has 0 aromatic carbocycles. The van der Waals surface area contributed by atoms with E-state index in [0.29, 0.717) is 6.54 Å². The van der Waals surface area contributed by atoms with Crippen LogP contribution in [-0.4, -0.2) is 36.4 Å². The van der Waals surface area contributed by atoms with Gasteiger partial charge in [-0.15, -0.1) is 11.3 Å². The minimum Gasteiger partial charge on any atom is -0.395 e. The van der Waals surface area contributed by atoms with Gasteiger partial charge in [-0.3, -0.25) is 0 Å². The molecule has 0 aliphatic rings. The molecule has 5 nitrogen and oxygen atoms in total. The molecule has 1 heterocycles. The van der Waals surface area contributed by atoms with Crippen LogP contribution in [-0.2, 0) is 9.59 Å². The van der Waals surface area contributed by atoms with E-state index in [-0.39, 0.29) is 12.8 Å². The van der Waals surface area contributed by atoms with Crippen molar-refractivity contribution in [1.29, 1.82) is 0 Å². The first-order valence-electron chi connectivity index (χ1n) is 3.89. The number of carbonyl (C=O) groups excluding carboxylic acids is 2. The van der Waals surface area contributed by atoms with Crippen LogP contribution in [0.15, 0.2) is 5.38 Å². The Morgan fingerprint density at radius 3 is 2.57 bits per heavy atom. The number of aliphatic hydroxyl groups excluding tert-OH is 1. The van der Waals surface area contributed by atoms with E-state index < -0.39 is 0 Å². The maximum Gasteiger partial charge on any atom is 0.373 e. The molecule has 0 amide bonds. The normalized spacial score (nSPS) is 8.50. The Bertz CT molecular complexity index is 295. The molecule has 0 aliphatic carbocycles. The van der Waals surface area contributed by atoms with Gasteiger partial charge in [0.05, 0.1) is 12.3 Å². The highest BCUT2D eigenvalue weighted by Gasteiger charge is 2.02. The van der Waals surface area contributed by atoms with E-state index in [2.05, 4.69) is 4.98 Å². The van der Waals surface area contributed by atoms with Crippen LogP contribution in [0.3, 0.4) is 0 Å². The van der Waals surface area contributed by atoms with Crippen molar-refractivity contribution in [3.63, 3.8) is 0 Å². The van der Waals surface area contributed by atoms with Crippen molar-refractivity contribution in [2.75, 3.05) is 25.1 Å². The fraction of sp³-hybridized carbons (Fsp3) is 0.500. The van der Waals surface area contributed by atoms with Crippen molar-refractivity contribution in [3.8, 4) is 0 Å². The monoisotopic (exact) mass is 216 g/mol. The number of aryl methyl sites for hydroxylation is 1. The summed E-state index contributed by atoms with van der Waals surface area (Å²) in [4.78, 5) is 22.5. The van der Waals surface area contributed by atoms with Crippen LogP contribution in [0, 0.1) is 6.92 Å². The summed E-state index contributed by atoms with van der Waals surface area (Å²) >= 11 is 1.60. The average Bonchev–Trinajstić information content (AvgIpc) is 2.54. The number of aliphatic hydroxyl groups is 1. The standard InChI is InChI=1S/C7H12N2OS.CO2/c1-6-5-11-7(8-6)9(2)3-4-10;2-1-3/h5,10H,3-4H2,1-2H3;. The summed E-state index contributed by atoms with van der Waals surface area (Å²) in [5, 5.41) is 11.6. The van der Waals surface area contributed by atoms with Crippen LogP contribution < -0.4 is 4.90 Å². The Balaban J connectivity index is 0.000000500. The highest BCUT2D eigenvalue weighted by Crippen LogP contribution is 2.17. The second kappa shape index (κ2) is 7.20. The molecule has 6 heteroatoms. The first-order valence-corrected chi connectivity index (χ1v) is 4.77. The third-order valence-electron chi connectivity index (χ3n) is 1.37. The number of anilines is 1. The van der Waals surface area contributed by atoms with Gasteiger partial charge in [-0.1, -0.05) is 0 Å². The number of thiazole rings is 1. The van der Waals surface area contributed by atoms with E-state index >= 15 is 0 Å². The Hall–Kier alpha value is -1.23. The van der Waals surface area contributed by atoms with Crippen molar-refractivity contribution in [1.82, 2.24) is 4.98 Å². The van der Waals surface area contributed by atoms with Gasteiger partial charge in [0, 0.05) is 19.0 Å². The number of nitrogens with zero attached hydrogens (tertiary/aromatic N) is 2. The molecule has 1 aromatic heterocycles. The molecule has 78 valence electrons. The molecule has 14 heavy (non-hydrogen) atoms. The zero-order valence-electron chi connectivity index (χ0n) is 8.06. The van der Waals surface area contributed by atoms with Crippen molar-refractivity contribution >= 4 is 22.6 Å². The van der Waals surface area contributed by atoms with E-state index in [1.165, 1.54) is 0 Å². The third-order valence-corrected chi connectivity index (χ3v) is 2.44. The van der Waals surface area contributed by atoms with Crippen molar-refractivity contribution in [3.05, 3.63) is 11.1 Å². The third kappa shape index (κ3) is 4.71. The summed E-state index contributed by atoms with van der Waals surface area (Å²) in [6.45, 7) is 2.79. The molecule has 0 atom stereocenters. The molecular weight excluding hydrogens is 204 g/mol. The molecule has 0 unspecified atom stereocenters. The first-order chi connectivity index (χ1) is 6.65. The van der Waals surface area contributed by atoms with Gasteiger partial charge in [-0.25, -0.2) is 4.98 Å². The summed E-state index contributed by atoms with van der Waals surface area (Å²) in [5.74, 6) is 0. The number of likely N-dealkylation sites (N-methyl/N-ethyl adjacent to an activating group) is 1. The van der Waals surface area contributed by atoms with Crippen LogP contribution in [0.1, 0.15) is 5.69 Å². The fourth-order valence-corrected chi connectivity index (χ4v) is 1.56. The lowest BCUT2D eigenvalue weighted by molar-refractivity contribution is -0.191. The number of aromatic nitrogens is 1. The lowest BCUT2D eigenvalue weighted by atomic mass is 10.6. The maximum absolute atomic E-state index is 8.64. The Labute approximate surface area is 86.0 Å². The predicted octanol–water partition coefficient (Wildman–Crippen LogP) is 0.297. The van der Waals surface area contributed by atoms with Crippen LogP contribution >= 0.6 is 11.3 Å². The lowest BCUT2D eigenvalue weighted by Crippen LogP contribution is -2.20. The van der Waals surface area contributed by atoms with E-state index in [1.54, 1.807) is 11.3 Å². The average molecular weight is 216 g/mol. The van der Waals surface area contributed by atoms with Gasteiger partial charge in [0.25, 0.3) is 0 Å². The summed E-state index contributed by atoms with van der Waals surface area (Å²) < 4.78 is 0. The van der Waals surface area contributed by atoms with Gasteiger partial charge in [0.15, 0.2) is 5.13 Å². The van der Waals surface area contributed by atoms with Crippen LogP contribution in [0.5, 0.6) is 0 Å². The molecule has 0 saturated heterocycles. The first kappa shape index (κ1) is 12.8. The molecule has 0 aliphatic heterocycles. The minimum absolute atomic E-state index is 0.176. The summed E-state index contributed by atoms with van der Waals surface area (Å²) in [5.41, 5.74) is 1.04. The number of hydrogen-bond donors (Lipinski definition) is 1. The van der Waals surface area contributed by atoms with Gasteiger partial charge in [-0.05, 0) is 6.92 Å². The lowest BCUT2D eigenvalue weighted by Gasteiger charge is -2.12. The van der Waals surface area contributed by atoms with Gasteiger partial charge >= 0.3 is 6.15 Å². The van der Waals surface area contributed by atoms with Crippen LogP contribution in [0.4, 0.5) is 5.13 Å². The summed E-state index contributed by atoms with van der Waals surface area (Å²) in [6, 6.07) is 0. The van der Waals surface area contributed by atoms with E-state index in [9.17, 15) is 0 Å². The molecule has 1 N–H and O–H groups in total. The van der Waals surface area contributed by atoms with E-state index in [0.717, 1.165) is 10.8 Å². The van der Waals surface area contributed by atoms with Gasteiger partial charge in [-0.2, -0.15) is 9.59 Å². The predicted molar refractivity (Wildman–Crippen MR) is 52.2 cm³/mol. The topological polar surface area (TPSA) is 70.5 Å². The zero-order chi connectivity index (χ0) is 11.0. The van der Waals surface area contributed by atoms with Gasteiger partial charge < -0.3 is 10.0 Å². The number of rotatable bonds is 3.